The van der Waals surface area contributed by atoms with Crippen LogP contribution in [0.15, 0.2) is 53.7 Å². The maximum absolute atomic E-state index is 14.6. The minimum absolute atomic E-state index is 0.0144. The van der Waals surface area contributed by atoms with Crippen molar-refractivity contribution in [3.05, 3.63) is 76.6 Å². The van der Waals surface area contributed by atoms with Gasteiger partial charge in [0.1, 0.15) is 11.6 Å². The summed E-state index contributed by atoms with van der Waals surface area (Å²) in [6.45, 7) is 5.68. The van der Waals surface area contributed by atoms with Gasteiger partial charge in [-0.05, 0) is 68.8 Å². The van der Waals surface area contributed by atoms with Crippen LogP contribution in [0.3, 0.4) is 0 Å². The summed E-state index contributed by atoms with van der Waals surface area (Å²) in [5.74, 6) is -1.15. The molecule has 0 spiro atoms. The zero-order valence-corrected chi connectivity index (χ0v) is 20.0. The first-order valence-electron chi connectivity index (χ1n) is 10.4. The smallest absolute Gasteiger partial charge is 0.323 e. The number of nitrogens with zero attached hydrogens (tertiary/aromatic N) is 3. The summed E-state index contributed by atoms with van der Waals surface area (Å²) < 4.78 is 27.8. The number of aliphatic imine (C=N–C) groups is 1. The van der Waals surface area contributed by atoms with E-state index in [0.29, 0.717) is 16.8 Å². The Morgan fingerprint density at radius 2 is 1.83 bits per heavy atom. The van der Waals surface area contributed by atoms with Crippen molar-refractivity contribution < 1.29 is 13.6 Å². The van der Waals surface area contributed by atoms with E-state index >= 15 is 0 Å². The summed E-state index contributed by atoms with van der Waals surface area (Å²) in [5.41, 5.74) is 13.1. The van der Waals surface area contributed by atoms with Gasteiger partial charge < -0.3 is 22.1 Å². The first-order valence-corrected chi connectivity index (χ1v) is 10.8. The fourth-order valence-electron chi connectivity index (χ4n) is 2.91. The molecule has 11 heteroatoms. The fraction of sp³-hybridized carbons (Fsp3) is 0.167. The monoisotopic (exact) mass is 499 g/mol. The van der Waals surface area contributed by atoms with E-state index in [1.807, 2.05) is 20.8 Å². The number of rotatable bonds is 5. The molecular formula is C24H24ClF2N7O. The number of hydrogen-bond acceptors (Lipinski definition) is 6. The number of nitrogen functional groups attached to an aromatic ring is 1. The van der Waals surface area contributed by atoms with Crippen molar-refractivity contribution in [2.24, 2.45) is 10.7 Å². The van der Waals surface area contributed by atoms with Crippen LogP contribution in [-0.4, -0.2) is 27.8 Å². The number of nitrogens with one attached hydrogen (secondary N) is 2. The van der Waals surface area contributed by atoms with Crippen LogP contribution in [0.5, 0.6) is 0 Å². The standard InChI is InChI=1S/C24H24ClF2N7O/c1-24(2,3)31-12-17(21(28)20-6-7-30-22(29)33-20)13-8-15(27)10-16(9-13)32-23(35)34-19-5-4-14(26)11-18(19)25/h4-12H,28H2,1-3H3,(H2,29,30,33)(H2,32,34,35). The van der Waals surface area contributed by atoms with Crippen LogP contribution in [0.25, 0.3) is 11.3 Å². The van der Waals surface area contributed by atoms with Crippen LogP contribution >= 0.6 is 11.6 Å². The van der Waals surface area contributed by atoms with Gasteiger partial charge in [0.25, 0.3) is 0 Å². The number of nitrogens with two attached hydrogens (primary N) is 2. The van der Waals surface area contributed by atoms with Crippen LogP contribution in [0.4, 0.5) is 30.9 Å². The molecule has 1 aromatic heterocycles. The maximum atomic E-state index is 14.6. The summed E-state index contributed by atoms with van der Waals surface area (Å²) in [7, 11) is 0. The lowest BCUT2D eigenvalue weighted by Gasteiger charge is -2.15. The molecule has 8 nitrogen and oxygen atoms in total. The zero-order chi connectivity index (χ0) is 25.8. The van der Waals surface area contributed by atoms with Gasteiger partial charge in [-0.15, -0.1) is 0 Å². The SMILES string of the molecule is CC(C)(C)N=CC(=C(N)c1ccnc(N)n1)c1cc(F)cc(NC(=O)Nc2ccc(F)cc2Cl)c1. The number of amides is 2. The van der Waals surface area contributed by atoms with Crippen LogP contribution in [-0.2, 0) is 0 Å². The van der Waals surface area contributed by atoms with Gasteiger partial charge in [0.05, 0.1) is 27.6 Å². The van der Waals surface area contributed by atoms with Gasteiger partial charge in [-0.2, -0.15) is 0 Å². The Morgan fingerprint density at radius 3 is 2.49 bits per heavy atom. The van der Waals surface area contributed by atoms with Crippen molar-refractivity contribution in [2.45, 2.75) is 26.3 Å². The number of aromatic nitrogens is 2. The molecule has 0 atom stereocenters. The summed E-state index contributed by atoms with van der Waals surface area (Å²) in [4.78, 5) is 24.9. The highest BCUT2D eigenvalue weighted by atomic mass is 35.5. The number of benzene rings is 2. The van der Waals surface area contributed by atoms with E-state index in [2.05, 4.69) is 25.6 Å². The fourth-order valence-corrected chi connectivity index (χ4v) is 3.13. The number of urea groups is 1. The maximum Gasteiger partial charge on any atom is 0.323 e. The Bertz CT molecular complexity index is 1320. The predicted molar refractivity (Wildman–Crippen MR) is 136 cm³/mol. The molecule has 6 N–H and O–H groups in total. The minimum atomic E-state index is -0.708. The topological polar surface area (TPSA) is 131 Å². The molecule has 0 bridgehead atoms. The highest BCUT2D eigenvalue weighted by Gasteiger charge is 2.15. The van der Waals surface area contributed by atoms with Gasteiger partial charge in [-0.25, -0.2) is 23.5 Å². The zero-order valence-electron chi connectivity index (χ0n) is 19.2. The molecule has 2 amide bonds. The number of carbonyl (C=O) groups is 1. The predicted octanol–water partition coefficient (Wildman–Crippen LogP) is 5.33. The number of hydrogen-bond donors (Lipinski definition) is 4. The number of halogens is 3. The molecule has 182 valence electrons. The first kappa shape index (κ1) is 25.6. The molecule has 35 heavy (non-hydrogen) atoms. The quantitative estimate of drug-likeness (QED) is 0.352. The molecule has 0 aliphatic rings. The Hall–Kier alpha value is -4.05. The van der Waals surface area contributed by atoms with Gasteiger partial charge in [-0.1, -0.05) is 11.6 Å². The van der Waals surface area contributed by atoms with E-state index in [0.717, 1.165) is 18.2 Å². The molecule has 0 unspecified atom stereocenters. The van der Waals surface area contributed by atoms with Crippen LogP contribution in [0.1, 0.15) is 32.0 Å². The largest absolute Gasteiger partial charge is 0.396 e. The van der Waals surface area contributed by atoms with E-state index < -0.39 is 23.2 Å². The lowest BCUT2D eigenvalue weighted by Crippen LogP contribution is -2.20. The van der Waals surface area contributed by atoms with E-state index in [1.54, 1.807) is 6.07 Å². The lowest BCUT2D eigenvalue weighted by molar-refractivity contribution is 0.262. The molecular weight excluding hydrogens is 476 g/mol. The van der Waals surface area contributed by atoms with Crippen molar-refractivity contribution in [3.63, 3.8) is 0 Å². The Morgan fingerprint density at radius 1 is 1.09 bits per heavy atom. The molecule has 3 aromatic rings. The minimum Gasteiger partial charge on any atom is -0.396 e. The highest BCUT2D eigenvalue weighted by Crippen LogP contribution is 2.26. The van der Waals surface area contributed by atoms with Crippen LogP contribution in [0, 0.1) is 11.6 Å². The third-order valence-electron chi connectivity index (χ3n) is 4.47. The van der Waals surface area contributed by atoms with E-state index in [-0.39, 0.29) is 28.0 Å². The molecule has 0 radical (unpaired) electrons. The number of carbonyl (C=O) groups excluding carboxylic acids is 1. The normalized spacial score (nSPS) is 12.4. The van der Waals surface area contributed by atoms with Gasteiger partial charge in [0.15, 0.2) is 0 Å². The van der Waals surface area contributed by atoms with Gasteiger partial charge in [0.2, 0.25) is 5.95 Å². The van der Waals surface area contributed by atoms with Crippen molar-refractivity contribution in [3.8, 4) is 0 Å². The van der Waals surface area contributed by atoms with Crippen molar-refractivity contribution in [2.75, 3.05) is 16.4 Å². The lowest BCUT2D eigenvalue weighted by atomic mass is 10.0. The first-order chi connectivity index (χ1) is 16.4. The van der Waals surface area contributed by atoms with E-state index in [1.165, 1.54) is 30.6 Å². The Balaban J connectivity index is 1.99. The van der Waals surface area contributed by atoms with Crippen molar-refractivity contribution in [1.29, 1.82) is 0 Å². The molecule has 1 heterocycles. The van der Waals surface area contributed by atoms with Crippen LogP contribution < -0.4 is 22.1 Å². The molecule has 2 aromatic carbocycles. The summed E-state index contributed by atoms with van der Waals surface area (Å²) >= 11 is 5.95. The summed E-state index contributed by atoms with van der Waals surface area (Å²) in [6.07, 6.45) is 2.97. The third kappa shape index (κ3) is 7.21. The third-order valence-corrected chi connectivity index (χ3v) is 4.78. The van der Waals surface area contributed by atoms with Gasteiger partial charge >= 0.3 is 6.03 Å². The number of allylic oxidation sites excluding steroid dienone is 1. The second kappa shape index (κ2) is 10.5. The number of anilines is 3. The molecule has 0 saturated carbocycles. The van der Waals surface area contributed by atoms with Gasteiger partial charge in [0, 0.05) is 23.7 Å². The second-order valence-electron chi connectivity index (χ2n) is 8.49. The average Bonchev–Trinajstić information content (AvgIpc) is 2.74. The summed E-state index contributed by atoms with van der Waals surface area (Å²) in [5, 5.41) is 5.04. The average molecular weight is 500 g/mol. The molecule has 0 aliphatic heterocycles. The summed E-state index contributed by atoms with van der Waals surface area (Å²) in [6, 6.07) is 8.29. The van der Waals surface area contributed by atoms with Crippen molar-refractivity contribution >= 4 is 52.4 Å². The molecule has 0 aliphatic carbocycles. The van der Waals surface area contributed by atoms with Crippen LogP contribution in [0.2, 0.25) is 5.02 Å². The molecule has 0 saturated heterocycles. The van der Waals surface area contributed by atoms with Gasteiger partial charge in [-0.3, -0.25) is 4.99 Å². The van der Waals surface area contributed by atoms with E-state index in [9.17, 15) is 13.6 Å². The van der Waals surface area contributed by atoms with Crippen molar-refractivity contribution in [1.82, 2.24) is 9.97 Å². The van der Waals surface area contributed by atoms with E-state index in [4.69, 9.17) is 23.1 Å². The molecule has 3 rings (SSSR count). The second-order valence-corrected chi connectivity index (χ2v) is 8.90. The Labute approximate surface area is 206 Å². The highest BCUT2D eigenvalue weighted by molar-refractivity contribution is 6.33. The Kier molecular flexibility index (Phi) is 7.65. The molecule has 0 fully saturated rings.